The van der Waals surface area contributed by atoms with E-state index < -0.39 is 11.7 Å². The normalized spacial score (nSPS) is 11.7. The van der Waals surface area contributed by atoms with Crippen LogP contribution in [-0.2, 0) is 12.7 Å². The van der Waals surface area contributed by atoms with Crippen LogP contribution in [0, 0.1) is 0 Å². The van der Waals surface area contributed by atoms with E-state index in [4.69, 9.17) is 0 Å². The van der Waals surface area contributed by atoms with Crippen LogP contribution in [0.2, 0.25) is 0 Å². The molecule has 0 radical (unpaired) electrons. The molecule has 1 rings (SSSR count). The molecule has 1 aromatic rings. The average Bonchev–Trinajstić information content (AvgIpc) is 2.44. The summed E-state index contributed by atoms with van der Waals surface area (Å²) in [7, 11) is 0. The minimum absolute atomic E-state index is 0.243. The highest BCUT2D eigenvalue weighted by Gasteiger charge is 2.33. The quantitative estimate of drug-likeness (QED) is 0.763. The zero-order valence-corrected chi connectivity index (χ0v) is 13.1. The molecule has 21 heavy (non-hydrogen) atoms. The van der Waals surface area contributed by atoms with Gasteiger partial charge in [0.25, 0.3) is 0 Å². The summed E-state index contributed by atoms with van der Waals surface area (Å²) in [4.78, 5) is 2.02. The number of benzene rings is 1. The number of hydrogen-bond acceptors (Lipinski definition) is 2. The van der Waals surface area contributed by atoms with Gasteiger partial charge in [0.15, 0.2) is 0 Å². The van der Waals surface area contributed by atoms with Crippen LogP contribution in [-0.4, -0.2) is 19.6 Å². The summed E-state index contributed by atoms with van der Waals surface area (Å²) in [5.41, 5.74) is 0.436. The van der Waals surface area contributed by atoms with Gasteiger partial charge in [0, 0.05) is 25.3 Å². The van der Waals surface area contributed by atoms with Gasteiger partial charge in [0.1, 0.15) is 0 Å². The molecule has 0 spiro atoms. The van der Waals surface area contributed by atoms with Crippen LogP contribution < -0.4 is 10.2 Å². The van der Waals surface area contributed by atoms with Crippen LogP contribution in [0.25, 0.3) is 0 Å². The van der Waals surface area contributed by atoms with Crippen molar-refractivity contribution < 1.29 is 13.2 Å². The number of anilines is 1. The average molecular weight is 302 g/mol. The van der Waals surface area contributed by atoms with Gasteiger partial charge < -0.3 is 10.2 Å². The minimum Gasteiger partial charge on any atom is -0.372 e. The SMILES string of the molecule is CCCN(CCC)c1ccc(CNCC)c(C(F)(F)F)c1. The summed E-state index contributed by atoms with van der Waals surface area (Å²) in [5.74, 6) is 0. The van der Waals surface area contributed by atoms with Crippen molar-refractivity contribution in [3.05, 3.63) is 29.3 Å². The van der Waals surface area contributed by atoms with E-state index in [9.17, 15) is 13.2 Å². The zero-order valence-electron chi connectivity index (χ0n) is 13.1. The fraction of sp³-hybridized carbons (Fsp3) is 0.625. The van der Waals surface area contributed by atoms with E-state index in [0.29, 0.717) is 17.8 Å². The van der Waals surface area contributed by atoms with E-state index in [2.05, 4.69) is 5.32 Å². The standard InChI is InChI=1S/C16H25F3N2/c1-4-9-21(10-5-2)14-8-7-13(12-20-6-3)15(11-14)16(17,18)19/h7-8,11,20H,4-6,9-10,12H2,1-3H3. The van der Waals surface area contributed by atoms with Gasteiger partial charge >= 0.3 is 6.18 Å². The number of rotatable bonds is 8. The summed E-state index contributed by atoms with van der Waals surface area (Å²) < 4.78 is 39.7. The fourth-order valence-electron chi connectivity index (χ4n) is 2.35. The van der Waals surface area contributed by atoms with Crippen molar-refractivity contribution in [1.29, 1.82) is 0 Å². The largest absolute Gasteiger partial charge is 0.416 e. The zero-order chi connectivity index (χ0) is 15.9. The third-order valence-electron chi connectivity index (χ3n) is 3.32. The lowest BCUT2D eigenvalue weighted by molar-refractivity contribution is -0.138. The molecule has 0 amide bonds. The van der Waals surface area contributed by atoms with Crippen LogP contribution >= 0.6 is 0 Å². The maximum Gasteiger partial charge on any atom is 0.416 e. The van der Waals surface area contributed by atoms with Crippen molar-refractivity contribution in [2.24, 2.45) is 0 Å². The first-order chi connectivity index (χ1) is 9.93. The Labute approximate surface area is 125 Å². The first-order valence-electron chi connectivity index (χ1n) is 7.59. The third-order valence-corrected chi connectivity index (χ3v) is 3.32. The smallest absolute Gasteiger partial charge is 0.372 e. The molecule has 2 nitrogen and oxygen atoms in total. The minimum atomic E-state index is -4.31. The summed E-state index contributed by atoms with van der Waals surface area (Å²) in [5, 5.41) is 2.96. The Morgan fingerprint density at radius 3 is 2.14 bits per heavy atom. The van der Waals surface area contributed by atoms with Gasteiger partial charge in [-0.25, -0.2) is 0 Å². The monoisotopic (exact) mass is 302 g/mol. The van der Waals surface area contributed by atoms with Crippen LogP contribution in [0.5, 0.6) is 0 Å². The lowest BCUT2D eigenvalue weighted by Gasteiger charge is -2.25. The van der Waals surface area contributed by atoms with Gasteiger partial charge in [-0.1, -0.05) is 26.8 Å². The van der Waals surface area contributed by atoms with Crippen LogP contribution in [0.3, 0.4) is 0 Å². The molecular formula is C16H25F3N2. The molecule has 0 aliphatic rings. The van der Waals surface area contributed by atoms with Crippen LogP contribution in [0.1, 0.15) is 44.7 Å². The Kier molecular flexibility index (Phi) is 7.02. The van der Waals surface area contributed by atoms with Gasteiger partial charge in [-0.2, -0.15) is 13.2 Å². The molecule has 0 fully saturated rings. The van der Waals surface area contributed by atoms with Crippen LogP contribution in [0.4, 0.5) is 18.9 Å². The maximum atomic E-state index is 13.2. The number of alkyl halides is 3. The Bertz CT molecular complexity index is 424. The highest BCUT2D eigenvalue weighted by Crippen LogP contribution is 2.34. The van der Waals surface area contributed by atoms with Crippen LogP contribution in [0.15, 0.2) is 18.2 Å². The molecular weight excluding hydrogens is 277 g/mol. The van der Waals surface area contributed by atoms with E-state index in [1.807, 2.05) is 25.7 Å². The molecule has 0 unspecified atom stereocenters. The van der Waals surface area contributed by atoms with E-state index >= 15 is 0 Å². The molecule has 0 heterocycles. The molecule has 0 bridgehead atoms. The molecule has 120 valence electrons. The fourth-order valence-corrected chi connectivity index (χ4v) is 2.35. The van der Waals surface area contributed by atoms with Gasteiger partial charge in [0.05, 0.1) is 5.56 Å². The number of nitrogens with one attached hydrogen (secondary N) is 1. The van der Waals surface area contributed by atoms with E-state index in [-0.39, 0.29) is 6.54 Å². The van der Waals surface area contributed by atoms with Crippen molar-refractivity contribution in [3.8, 4) is 0 Å². The molecule has 1 aromatic carbocycles. The van der Waals surface area contributed by atoms with Crippen molar-refractivity contribution in [2.75, 3.05) is 24.5 Å². The first-order valence-corrected chi connectivity index (χ1v) is 7.59. The van der Waals surface area contributed by atoms with E-state index in [0.717, 1.165) is 25.9 Å². The third kappa shape index (κ3) is 5.23. The summed E-state index contributed by atoms with van der Waals surface area (Å²) in [6.45, 7) is 8.39. The number of halogens is 3. The van der Waals surface area contributed by atoms with Gasteiger partial charge in [-0.3, -0.25) is 0 Å². The molecule has 0 aliphatic carbocycles. The topological polar surface area (TPSA) is 15.3 Å². The van der Waals surface area contributed by atoms with Crippen molar-refractivity contribution in [2.45, 2.75) is 46.3 Å². The second kappa shape index (κ2) is 8.27. The molecule has 0 atom stereocenters. The number of hydrogen-bond donors (Lipinski definition) is 1. The van der Waals surface area contributed by atoms with Gasteiger partial charge in [-0.05, 0) is 37.1 Å². The molecule has 0 saturated carbocycles. The molecule has 1 N–H and O–H groups in total. The summed E-state index contributed by atoms with van der Waals surface area (Å²) in [6.07, 6.45) is -2.48. The Hall–Kier alpha value is -1.23. The lowest BCUT2D eigenvalue weighted by atomic mass is 10.0. The lowest BCUT2D eigenvalue weighted by Crippen LogP contribution is -2.26. The number of nitrogens with zero attached hydrogens (tertiary/aromatic N) is 1. The highest BCUT2D eigenvalue weighted by molar-refractivity contribution is 5.52. The van der Waals surface area contributed by atoms with Gasteiger partial charge in [0.2, 0.25) is 0 Å². The van der Waals surface area contributed by atoms with E-state index in [1.165, 1.54) is 6.07 Å². The van der Waals surface area contributed by atoms with Crippen molar-refractivity contribution >= 4 is 5.69 Å². The summed E-state index contributed by atoms with van der Waals surface area (Å²) >= 11 is 0. The summed E-state index contributed by atoms with van der Waals surface area (Å²) in [6, 6.07) is 4.68. The highest BCUT2D eigenvalue weighted by atomic mass is 19.4. The van der Waals surface area contributed by atoms with Crippen molar-refractivity contribution in [3.63, 3.8) is 0 Å². The van der Waals surface area contributed by atoms with Crippen molar-refractivity contribution in [1.82, 2.24) is 5.32 Å². The maximum absolute atomic E-state index is 13.2. The predicted octanol–water partition coefficient (Wildman–Crippen LogP) is 4.44. The predicted molar refractivity (Wildman–Crippen MR) is 81.6 cm³/mol. The Morgan fingerprint density at radius 1 is 1.05 bits per heavy atom. The molecule has 0 saturated heterocycles. The van der Waals surface area contributed by atoms with E-state index in [1.54, 1.807) is 12.1 Å². The second-order valence-electron chi connectivity index (χ2n) is 5.11. The molecule has 5 heteroatoms. The second-order valence-corrected chi connectivity index (χ2v) is 5.11. The van der Waals surface area contributed by atoms with Gasteiger partial charge in [-0.15, -0.1) is 0 Å². The Balaban J connectivity index is 3.13. The molecule has 0 aliphatic heterocycles. The molecule has 0 aromatic heterocycles. The first kappa shape index (κ1) is 17.8. The Morgan fingerprint density at radius 2 is 1.67 bits per heavy atom.